The van der Waals surface area contributed by atoms with Crippen LogP contribution in [0.5, 0.6) is 0 Å². The van der Waals surface area contributed by atoms with Crippen LogP contribution in [0.25, 0.3) is 0 Å². The molecule has 2 aromatic rings. The average Bonchev–Trinajstić information content (AvgIpc) is 2.89. The van der Waals surface area contributed by atoms with Gasteiger partial charge in [0.1, 0.15) is 17.3 Å². The summed E-state index contributed by atoms with van der Waals surface area (Å²) in [4.78, 5) is 11.6. The predicted molar refractivity (Wildman–Crippen MR) is 67.9 cm³/mol. The molecule has 2 rings (SSSR count). The third kappa shape index (κ3) is 3.52. The van der Waals surface area contributed by atoms with Crippen LogP contribution in [0.1, 0.15) is 5.89 Å². The average molecular weight is 300 g/mol. The smallest absolute Gasteiger partial charge is 0.277 e. The topological polar surface area (TPSA) is 94.0 Å². The van der Waals surface area contributed by atoms with Crippen molar-refractivity contribution in [2.75, 3.05) is 11.1 Å². The Balaban J connectivity index is 1.92. The minimum absolute atomic E-state index is 0.0974. The normalized spacial score (nSPS) is 10.6. The third-order valence-electron chi connectivity index (χ3n) is 2.18. The lowest BCUT2D eigenvalue weighted by Gasteiger charge is -2.06. The van der Waals surface area contributed by atoms with Crippen LogP contribution in [-0.2, 0) is 11.3 Å². The van der Waals surface area contributed by atoms with Gasteiger partial charge in [0.2, 0.25) is 11.8 Å². The van der Waals surface area contributed by atoms with Crippen molar-refractivity contribution in [1.29, 1.82) is 0 Å². The fourth-order valence-electron chi connectivity index (χ4n) is 1.30. The Hall–Kier alpha value is -2.00. The Morgan fingerprint density at radius 2 is 2.05 bits per heavy atom. The van der Waals surface area contributed by atoms with Crippen molar-refractivity contribution in [3.8, 4) is 0 Å². The highest BCUT2D eigenvalue weighted by Gasteiger charge is 2.13. The number of anilines is 1. The maximum atomic E-state index is 13.3. The summed E-state index contributed by atoms with van der Waals surface area (Å²) in [7, 11) is 0. The Morgan fingerprint density at radius 3 is 2.65 bits per heavy atom. The van der Waals surface area contributed by atoms with Crippen LogP contribution >= 0.6 is 11.8 Å². The molecule has 0 spiro atoms. The van der Waals surface area contributed by atoms with Crippen LogP contribution in [0, 0.1) is 11.6 Å². The van der Waals surface area contributed by atoms with E-state index < -0.39 is 23.2 Å². The second kappa shape index (κ2) is 6.44. The standard InChI is InChI=1S/C11H10F2N4O2S/c12-6-2-1-3-7(13)10(6)15-8(18)5-20-11-17-16-9(4-14)19-11/h1-3H,4-5,14H2,(H,15,18). The number of aromatic nitrogens is 2. The number of benzene rings is 1. The molecule has 0 unspecified atom stereocenters. The highest BCUT2D eigenvalue weighted by molar-refractivity contribution is 7.99. The molecular weight excluding hydrogens is 290 g/mol. The number of nitrogens with one attached hydrogen (secondary N) is 1. The van der Waals surface area contributed by atoms with Crippen molar-refractivity contribution in [3.05, 3.63) is 35.7 Å². The van der Waals surface area contributed by atoms with Gasteiger partial charge in [0, 0.05) is 0 Å². The lowest BCUT2D eigenvalue weighted by molar-refractivity contribution is -0.113. The Morgan fingerprint density at radius 1 is 1.35 bits per heavy atom. The summed E-state index contributed by atoms with van der Waals surface area (Å²) in [6, 6.07) is 3.32. The van der Waals surface area contributed by atoms with Gasteiger partial charge >= 0.3 is 0 Å². The van der Waals surface area contributed by atoms with E-state index in [1.807, 2.05) is 0 Å². The van der Waals surface area contributed by atoms with E-state index in [4.69, 9.17) is 10.2 Å². The molecule has 1 amide bonds. The van der Waals surface area contributed by atoms with Crippen molar-refractivity contribution < 1.29 is 18.0 Å². The molecular formula is C11H10F2N4O2S. The van der Waals surface area contributed by atoms with Crippen molar-refractivity contribution in [2.45, 2.75) is 11.8 Å². The molecule has 0 fully saturated rings. The zero-order chi connectivity index (χ0) is 14.5. The fraction of sp³-hybridized carbons (Fsp3) is 0.182. The molecule has 6 nitrogen and oxygen atoms in total. The van der Waals surface area contributed by atoms with E-state index in [2.05, 4.69) is 15.5 Å². The van der Waals surface area contributed by atoms with Crippen LogP contribution in [0.15, 0.2) is 27.8 Å². The zero-order valence-electron chi connectivity index (χ0n) is 10.1. The Kier molecular flexibility index (Phi) is 4.64. The summed E-state index contributed by atoms with van der Waals surface area (Å²) in [5.74, 6) is -2.15. The first-order valence-corrected chi connectivity index (χ1v) is 6.48. The SMILES string of the molecule is NCc1nnc(SCC(=O)Nc2c(F)cccc2F)o1. The lowest BCUT2D eigenvalue weighted by atomic mass is 10.3. The molecule has 0 saturated heterocycles. The number of nitrogens with zero attached hydrogens (tertiary/aromatic N) is 2. The first kappa shape index (κ1) is 14.4. The number of para-hydroxylation sites is 1. The zero-order valence-corrected chi connectivity index (χ0v) is 10.9. The van der Waals surface area contributed by atoms with Gasteiger partial charge in [-0.1, -0.05) is 17.8 Å². The first-order chi connectivity index (χ1) is 9.60. The Labute approximate surface area is 116 Å². The number of thioether (sulfide) groups is 1. The number of nitrogens with two attached hydrogens (primary N) is 1. The molecule has 0 radical (unpaired) electrons. The maximum absolute atomic E-state index is 13.3. The number of halogens is 2. The van der Waals surface area contributed by atoms with E-state index in [9.17, 15) is 13.6 Å². The molecule has 1 aromatic heterocycles. The fourth-order valence-corrected chi connectivity index (χ4v) is 1.88. The summed E-state index contributed by atoms with van der Waals surface area (Å²) in [5.41, 5.74) is 4.81. The van der Waals surface area contributed by atoms with Gasteiger partial charge in [-0.3, -0.25) is 4.79 Å². The van der Waals surface area contributed by atoms with Crippen molar-refractivity contribution >= 4 is 23.4 Å². The van der Waals surface area contributed by atoms with Crippen LogP contribution < -0.4 is 11.1 Å². The summed E-state index contributed by atoms with van der Waals surface area (Å²) in [5, 5.41) is 9.56. The van der Waals surface area contributed by atoms with Gasteiger partial charge < -0.3 is 15.5 Å². The molecule has 0 aliphatic heterocycles. The second-order valence-corrected chi connectivity index (χ2v) is 4.53. The molecule has 1 heterocycles. The van der Waals surface area contributed by atoms with Gasteiger partial charge in [-0.2, -0.15) is 0 Å². The number of hydrogen-bond donors (Lipinski definition) is 2. The van der Waals surface area contributed by atoms with Crippen molar-refractivity contribution in [2.24, 2.45) is 5.73 Å². The molecule has 9 heteroatoms. The highest BCUT2D eigenvalue weighted by atomic mass is 32.2. The van der Waals surface area contributed by atoms with E-state index in [-0.39, 0.29) is 23.4 Å². The summed E-state index contributed by atoms with van der Waals surface area (Å²) in [6.45, 7) is 0.0974. The number of carbonyl (C=O) groups is 1. The largest absolute Gasteiger partial charge is 0.415 e. The molecule has 0 bridgehead atoms. The van der Waals surface area contributed by atoms with Gasteiger partial charge in [-0.15, -0.1) is 10.2 Å². The van der Waals surface area contributed by atoms with Crippen LogP contribution in [0.4, 0.5) is 14.5 Å². The van der Waals surface area contributed by atoms with Gasteiger partial charge in [0.05, 0.1) is 12.3 Å². The van der Waals surface area contributed by atoms with Gasteiger partial charge in [0.15, 0.2) is 0 Å². The molecule has 0 saturated carbocycles. The minimum atomic E-state index is -0.841. The van der Waals surface area contributed by atoms with Crippen LogP contribution in [0.2, 0.25) is 0 Å². The monoisotopic (exact) mass is 300 g/mol. The quantitative estimate of drug-likeness (QED) is 0.813. The molecule has 106 valence electrons. The van der Waals surface area contributed by atoms with E-state index in [0.717, 1.165) is 23.9 Å². The van der Waals surface area contributed by atoms with Gasteiger partial charge in [-0.25, -0.2) is 8.78 Å². The maximum Gasteiger partial charge on any atom is 0.277 e. The minimum Gasteiger partial charge on any atom is -0.415 e. The first-order valence-electron chi connectivity index (χ1n) is 5.49. The molecule has 0 aliphatic carbocycles. The lowest BCUT2D eigenvalue weighted by Crippen LogP contribution is -2.16. The predicted octanol–water partition coefficient (Wildman–Crippen LogP) is 1.54. The molecule has 20 heavy (non-hydrogen) atoms. The van der Waals surface area contributed by atoms with E-state index in [1.165, 1.54) is 6.07 Å². The molecule has 3 N–H and O–H groups in total. The number of rotatable bonds is 5. The summed E-state index contributed by atoms with van der Waals surface area (Å²) < 4.78 is 31.7. The Bertz CT molecular complexity index is 600. The molecule has 1 aromatic carbocycles. The second-order valence-electron chi connectivity index (χ2n) is 3.60. The van der Waals surface area contributed by atoms with Crippen molar-refractivity contribution in [1.82, 2.24) is 10.2 Å². The van der Waals surface area contributed by atoms with E-state index in [0.29, 0.717) is 0 Å². The van der Waals surface area contributed by atoms with E-state index in [1.54, 1.807) is 0 Å². The van der Waals surface area contributed by atoms with Gasteiger partial charge in [0.25, 0.3) is 5.22 Å². The molecule has 0 aliphatic rings. The number of amides is 1. The van der Waals surface area contributed by atoms with Crippen LogP contribution in [0.3, 0.4) is 0 Å². The van der Waals surface area contributed by atoms with Crippen molar-refractivity contribution in [3.63, 3.8) is 0 Å². The third-order valence-corrected chi connectivity index (χ3v) is 3.00. The summed E-state index contributed by atoms with van der Waals surface area (Å²) >= 11 is 0.943. The number of carbonyl (C=O) groups excluding carboxylic acids is 1. The van der Waals surface area contributed by atoms with Gasteiger partial charge in [-0.05, 0) is 12.1 Å². The number of hydrogen-bond acceptors (Lipinski definition) is 6. The highest BCUT2D eigenvalue weighted by Crippen LogP contribution is 2.20. The van der Waals surface area contributed by atoms with E-state index >= 15 is 0 Å². The molecule has 0 atom stereocenters. The summed E-state index contributed by atoms with van der Waals surface area (Å²) in [6.07, 6.45) is 0. The van der Waals surface area contributed by atoms with Crippen LogP contribution in [-0.4, -0.2) is 21.9 Å².